The topological polar surface area (TPSA) is 40.7 Å². The fraction of sp³-hybridized carbons (Fsp3) is 0.727. The molecule has 3 heteroatoms. The highest BCUT2D eigenvalue weighted by Gasteiger charge is 2.36. The Morgan fingerprint density at radius 1 is 1.64 bits per heavy atom. The number of aromatic nitrogens is 2. The number of nitrogens with zero attached hydrogens (tertiary/aromatic N) is 1. The van der Waals surface area contributed by atoms with Crippen molar-refractivity contribution in [2.75, 3.05) is 0 Å². The zero-order valence-electron chi connectivity index (χ0n) is 9.17. The van der Waals surface area contributed by atoms with Crippen LogP contribution in [0.2, 0.25) is 0 Å². The van der Waals surface area contributed by atoms with Crippen LogP contribution in [0.5, 0.6) is 0 Å². The maximum atomic E-state index is 4.41. The van der Waals surface area contributed by atoms with Gasteiger partial charge in [-0.2, -0.15) is 0 Å². The molecular formula is C11H19N3. The number of hydrogen-bond donors (Lipinski definition) is 2. The second-order valence-electron chi connectivity index (χ2n) is 4.65. The number of imidazole rings is 1. The van der Waals surface area contributed by atoms with Crippen molar-refractivity contribution in [3.63, 3.8) is 0 Å². The van der Waals surface area contributed by atoms with Crippen LogP contribution >= 0.6 is 0 Å². The molecule has 1 aromatic heterocycles. The number of rotatable bonds is 4. The zero-order chi connectivity index (χ0) is 10.1. The molecule has 0 aromatic carbocycles. The van der Waals surface area contributed by atoms with Gasteiger partial charge in [0.2, 0.25) is 0 Å². The quantitative estimate of drug-likeness (QED) is 0.768. The van der Waals surface area contributed by atoms with E-state index in [2.05, 4.69) is 36.1 Å². The van der Waals surface area contributed by atoms with Gasteiger partial charge in [-0.3, -0.25) is 0 Å². The standard InChI is InChI=1S/C11H19N3/c1-7(2)12-5-9-6-13-11(14-9)10-4-8(10)3/h6-8,10,12H,4-5H2,1-3H3,(H,13,14). The summed E-state index contributed by atoms with van der Waals surface area (Å²) in [5.74, 6) is 2.70. The first-order valence-corrected chi connectivity index (χ1v) is 5.44. The highest BCUT2D eigenvalue weighted by Crippen LogP contribution is 2.45. The molecule has 14 heavy (non-hydrogen) atoms. The molecule has 2 atom stereocenters. The van der Waals surface area contributed by atoms with E-state index in [9.17, 15) is 0 Å². The van der Waals surface area contributed by atoms with Gasteiger partial charge in [0, 0.05) is 30.4 Å². The molecular weight excluding hydrogens is 174 g/mol. The van der Waals surface area contributed by atoms with Crippen LogP contribution in [0.25, 0.3) is 0 Å². The molecule has 0 radical (unpaired) electrons. The summed E-state index contributed by atoms with van der Waals surface area (Å²) in [5.41, 5.74) is 1.20. The van der Waals surface area contributed by atoms with Crippen LogP contribution in [0.15, 0.2) is 6.20 Å². The Hall–Kier alpha value is -0.830. The minimum Gasteiger partial charge on any atom is -0.345 e. The summed E-state index contributed by atoms with van der Waals surface area (Å²) in [6.07, 6.45) is 3.25. The minimum absolute atomic E-state index is 0.529. The lowest BCUT2D eigenvalue weighted by atomic mass is 10.3. The van der Waals surface area contributed by atoms with Crippen LogP contribution in [-0.4, -0.2) is 16.0 Å². The van der Waals surface area contributed by atoms with Gasteiger partial charge in [0.15, 0.2) is 0 Å². The Morgan fingerprint density at radius 3 is 2.93 bits per heavy atom. The summed E-state index contributed by atoms with van der Waals surface area (Å²) in [6, 6.07) is 0.529. The van der Waals surface area contributed by atoms with E-state index in [1.165, 1.54) is 17.9 Å². The van der Waals surface area contributed by atoms with Crippen LogP contribution in [0, 0.1) is 5.92 Å². The van der Waals surface area contributed by atoms with Crippen LogP contribution in [0.4, 0.5) is 0 Å². The van der Waals surface area contributed by atoms with Crippen LogP contribution in [0.1, 0.15) is 44.6 Å². The normalized spacial score (nSPS) is 25.7. The molecule has 2 unspecified atom stereocenters. The first kappa shape index (κ1) is 9.71. The molecule has 0 saturated heterocycles. The smallest absolute Gasteiger partial charge is 0.109 e. The first-order valence-electron chi connectivity index (χ1n) is 5.44. The van der Waals surface area contributed by atoms with Crippen molar-refractivity contribution in [1.82, 2.24) is 15.3 Å². The minimum atomic E-state index is 0.529. The molecule has 3 nitrogen and oxygen atoms in total. The summed E-state index contributed by atoms with van der Waals surface area (Å²) in [4.78, 5) is 7.80. The second kappa shape index (κ2) is 3.73. The Labute approximate surface area is 85.3 Å². The molecule has 0 bridgehead atoms. The fourth-order valence-corrected chi connectivity index (χ4v) is 1.67. The maximum absolute atomic E-state index is 4.41. The van der Waals surface area contributed by atoms with E-state index < -0.39 is 0 Å². The monoisotopic (exact) mass is 193 g/mol. The van der Waals surface area contributed by atoms with Gasteiger partial charge in [0.05, 0.1) is 0 Å². The van der Waals surface area contributed by atoms with Crippen LogP contribution < -0.4 is 5.32 Å². The second-order valence-corrected chi connectivity index (χ2v) is 4.65. The number of aromatic amines is 1. The van der Waals surface area contributed by atoms with Gasteiger partial charge in [-0.15, -0.1) is 0 Å². The Kier molecular flexibility index (Phi) is 2.59. The molecule has 1 aliphatic rings. The molecule has 0 spiro atoms. The molecule has 0 amide bonds. The molecule has 78 valence electrons. The van der Waals surface area contributed by atoms with Crippen molar-refractivity contribution in [2.24, 2.45) is 5.92 Å². The van der Waals surface area contributed by atoms with Gasteiger partial charge in [-0.05, 0) is 12.3 Å². The van der Waals surface area contributed by atoms with Crippen molar-refractivity contribution < 1.29 is 0 Å². The Morgan fingerprint density at radius 2 is 2.36 bits per heavy atom. The molecule has 1 saturated carbocycles. The van der Waals surface area contributed by atoms with E-state index in [-0.39, 0.29) is 0 Å². The van der Waals surface area contributed by atoms with Crippen molar-refractivity contribution in [3.05, 3.63) is 17.7 Å². The number of H-pyrrole nitrogens is 1. The molecule has 1 aromatic rings. The molecule has 1 aliphatic carbocycles. The van der Waals surface area contributed by atoms with Gasteiger partial charge in [-0.25, -0.2) is 4.98 Å². The predicted molar refractivity (Wildman–Crippen MR) is 57.1 cm³/mol. The molecule has 2 rings (SSSR count). The molecule has 1 fully saturated rings. The number of hydrogen-bond acceptors (Lipinski definition) is 2. The van der Waals surface area contributed by atoms with Crippen molar-refractivity contribution in [2.45, 2.75) is 45.7 Å². The van der Waals surface area contributed by atoms with E-state index in [1.807, 2.05) is 6.20 Å². The van der Waals surface area contributed by atoms with E-state index in [4.69, 9.17) is 0 Å². The molecule has 2 N–H and O–H groups in total. The van der Waals surface area contributed by atoms with Gasteiger partial charge < -0.3 is 10.3 Å². The maximum Gasteiger partial charge on any atom is 0.109 e. The average Bonchev–Trinajstić information content (AvgIpc) is 2.68. The average molecular weight is 193 g/mol. The van der Waals surface area contributed by atoms with E-state index in [1.54, 1.807) is 0 Å². The highest BCUT2D eigenvalue weighted by atomic mass is 15.0. The number of nitrogens with one attached hydrogen (secondary N) is 2. The highest BCUT2D eigenvalue weighted by molar-refractivity contribution is 5.12. The summed E-state index contributed by atoms with van der Waals surface area (Å²) < 4.78 is 0. The van der Waals surface area contributed by atoms with E-state index >= 15 is 0 Å². The van der Waals surface area contributed by atoms with Crippen molar-refractivity contribution >= 4 is 0 Å². The Bertz CT molecular complexity index is 303. The van der Waals surface area contributed by atoms with Crippen molar-refractivity contribution in [3.8, 4) is 0 Å². The Balaban J connectivity index is 1.90. The first-order chi connectivity index (χ1) is 6.66. The van der Waals surface area contributed by atoms with Gasteiger partial charge in [0.25, 0.3) is 0 Å². The molecule has 0 aliphatic heterocycles. The lowest BCUT2D eigenvalue weighted by Crippen LogP contribution is -2.21. The summed E-state index contributed by atoms with van der Waals surface area (Å²) in [5, 5.41) is 3.37. The van der Waals surface area contributed by atoms with Gasteiger partial charge in [-0.1, -0.05) is 20.8 Å². The third kappa shape index (κ3) is 2.15. The van der Waals surface area contributed by atoms with Gasteiger partial charge in [0.1, 0.15) is 5.82 Å². The lowest BCUT2D eigenvalue weighted by Gasteiger charge is -2.05. The summed E-state index contributed by atoms with van der Waals surface area (Å²) in [6.45, 7) is 7.48. The van der Waals surface area contributed by atoms with Crippen LogP contribution in [0.3, 0.4) is 0 Å². The predicted octanol–water partition coefficient (Wildman–Crippen LogP) is 2.03. The summed E-state index contributed by atoms with van der Waals surface area (Å²) in [7, 11) is 0. The fourth-order valence-electron chi connectivity index (χ4n) is 1.67. The van der Waals surface area contributed by atoms with Gasteiger partial charge >= 0.3 is 0 Å². The third-order valence-corrected chi connectivity index (χ3v) is 2.81. The summed E-state index contributed by atoms with van der Waals surface area (Å²) >= 11 is 0. The third-order valence-electron chi connectivity index (χ3n) is 2.81. The van der Waals surface area contributed by atoms with Crippen molar-refractivity contribution in [1.29, 1.82) is 0 Å². The van der Waals surface area contributed by atoms with E-state index in [0.29, 0.717) is 12.0 Å². The lowest BCUT2D eigenvalue weighted by molar-refractivity contribution is 0.582. The largest absolute Gasteiger partial charge is 0.345 e. The molecule has 1 heterocycles. The van der Waals surface area contributed by atoms with E-state index in [0.717, 1.165) is 12.5 Å². The SMILES string of the molecule is CC(C)NCc1cnc(C2CC2C)[nH]1. The van der Waals surface area contributed by atoms with Crippen LogP contribution in [-0.2, 0) is 6.54 Å². The zero-order valence-corrected chi connectivity index (χ0v) is 9.17.